The molecule has 1 amide bonds. The maximum absolute atomic E-state index is 15.2. The molecule has 15 atom stereocenters. The lowest BCUT2D eigenvalue weighted by atomic mass is 9.94. The second kappa shape index (κ2) is 52.2. The van der Waals surface area contributed by atoms with E-state index in [4.69, 9.17) is 75.8 Å². The van der Waals surface area contributed by atoms with Crippen molar-refractivity contribution in [3.05, 3.63) is 287 Å². The van der Waals surface area contributed by atoms with E-state index >= 15 is 14.4 Å². The summed E-state index contributed by atoms with van der Waals surface area (Å²) in [5, 5.41) is 2.93. The highest BCUT2D eigenvalue weighted by Gasteiger charge is 2.56. The summed E-state index contributed by atoms with van der Waals surface area (Å²) in [7, 11) is 2.24. The molecule has 126 heavy (non-hydrogen) atoms. The zero-order chi connectivity index (χ0) is 90.0. The van der Waals surface area contributed by atoms with E-state index in [2.05, 4.69) is 5.32 Å². The Morgan fingerprint density at radius 3 is 1.04 bits per heavy atom. The number of ether oxygens (including phenoxy) is 16. The minimum atomic E-state index is -2.19. The number of rotatable bonds is 51. The van der Waals surface area contributed by atoms with Crippen molar-refractivity contribution in [2.75, 3.05) is 47.2 Å². The summed E-state index contributed by atoms with van der Waals surface area (Å²) in [5.41, 5.74) is 0.0664. The fourth-order valence-electron chi connectivity index (χ4n) is 13.7. The van der Waals surface area contributed by atoms with E-state index in [0.29, 0.717) is 51.5 Å². The van der Waals surface area contributed by atoms with Gasteiger partial charge in [-0.2, -0.15) is 0 Å². The van der Waals surface area contributed by atoms with Gasteiger partial charge in [0.2, 0.25) is 5.91 Å². The van der Waals surface area contributed by atoms with Crippen LogP contribution in [-0.2, 0) is 95.0 Å². The summed E-state index contributed by atoms with van der Waals surface area (Å²) in [6, 6.07) is 61.7. The molecule has 1 N–H and O–H groups in total. The number of hydrogen-bond donors (Lipinski definition) is 1. The maximum atomic E-state index is 15.2. The molecular weight excluding hydrogens is 1630 g/mol. The average Bonchev–Trinajstić information content (AvgIpc) is 0.771. The Hall–Kier alpha value is -12.6. The molecule has 0 spiro atoms. The van der Waals surface area contributed by atoms with Gasteiger partial charge in [-0.3, -0.25) is 14.4 Å². The minimum Gasteiger partial charge on any atom is -0.462 e. The van der Waals surface area contributed by atoms with Gasteiger partial charge in [-0.25, -0.2) is 38.4 Å². The van der Waals surface area contributed by atoms with Gasteiger partial charge in [-0.15, -0.1) is 0 Å². The van der Waals surface area contributed by atoms with Crippen LogP contribution in [0.4, 0.5) is 0 Å². The lowest BCUT2D eigenvalue weighted by molar-refractivity contribution is -0.344. The Bertz CT molecular complexity index is 4710. The fraction of sp³-hybridized carbons (Fsp3) is 0.381. The topological polar surface area (TPSA) is 365 Å². The van der Waals surface area contributed by atoms with Crippen molar-refractivity contribution in [1.82, 2.24) is 5.32 Å². The van der Waals surface area contributed by atoms with Crippen molar-refractivity contribution in [1.29, 1.82) is 0 Å². The van der Waals surface area contributed by atoms with Crippen molar-refractivity contribution in [2.24, 2.45) is 11.8 Å². The number of methoxy groups -OCH3 is 2. The third kappa shape index (κ3) is 30.6. The first-order chi connectivity index (χ1) is 61.1. The van der Waals surface area contributed by atoms with E-state index in [-0.39, 0.29) is 57.0 Å². The molecule has 1 aliphatic heterocycles. The molecular formula is C97H107NO28. The van der Waals surface area contributed by atoms with Gasteiger partial charge in [-0.05, 0) is 123 Å². The van der Waals surface area contributed by atoms with Crippen LogP contribution in [0.3, 0.4) is 0 Å². The van der Waals surface area contributed by atoms with Crippen LogP contribution in [0, 0.1) is 11.8 Å². The summed E-state index contributed by atoms with van der Waals surface area (Å²) >= 11 is 0. The van der Waals surface area contributed by atoms with E-state index in [1.807, 2.05) is 0 Å². The highest BCUT2D eigenvalue weighted by atomic mass is 16.8. The Morgan fingerprint density at radius 1 is 0.365 bits per heavy atom. The molecule has 668 valence electrons. The third-order valence-corrected chi connectivity index (χ3v) is 20.2. The third-order valence-electron chi connectivity index (χ3n) is 20.2. The van der Waals surface area contributed by atoms with Gasteiger partial charge < -0.3 is 85.9 Å². The SMILES string of the molecule is COC(OCC1OC(OCCCCCCCCC(=O)NCCCCCC=O)C(OC(C)=O)C(OC(OC)C(OC(=O)c2ccccc2)C(OC(=O)c2ccccc2)C(OC(=O)c2ccccc2)C(C)COC(=O)c2ccccc2)C1OC(C)=O)C(OC(=O)c1ccccc1)C(OC(=O)c1ccccc1)C(OC(=O)c1ccccc1)C(C)COC(=O)c1ccccc1. The van der Waals surface area contributed by atoms with E-state index in [1.54, 1.807) is 133 Å². The van der Waals surface area contributed by atoms with Crippen LogP contribution in [0.1, 0.15) is 181 Å². The number of hydrogen-bond acceptors (Lipinski definition) is 28. The number of aldehydes is 1. The van der Waals surface area contributed by atoms with Crippen molar-refractivity contribution >= 4 is 71.9 Å². The van der Waals surface area contributed by atoms with Crippen molar-refractivity contribution in [3.63, 3.8) is 0 Å². The minimum absolute atomic E-state index is 0.00747. The molecule has 0 bridgehead atoms. The van der Waals surface area contributed by atoms with Crippen molar-refractivity contribution in [2.45, 2.75) is 178 Å². The summed E-state index contributed by atoms with van der Waals surface area (Å²) in [5.74, 6) is -12.4. The van der Waals surface area contributed by atoms with E-state index in [1.165, 1.54) is 123 Å². The average molecular weight is 1730 g/mol. The molecule has 1 saturated heterocycles. The van der Waals surface area contributed by atoms with Gasteiger partial charge in [-0.1, -0.05) is 192 Å². The second-order valence-corrected chi connectivity index (χ2v) is 29.7. The number of nitrogens with one attached hydrogen (secondary N) is 1. The summed E-state index contributed by atoms with van der Waals surface area (Å²) in [6.07, 6.45) is -18.1. The number of carbonyl (C=O) groups is 12. The number of carbonyl (C=O) groups excluding carboxylic acids is 12. The Balaban J connectivity index is 1.17. The molecule has 1 fully saturated rings. The normalized spacial score (nSPS) is 17.1. The van der Waals surface area contributed by atoms with E-state index in [0.717, 1.165) is 60.0 Å². The standard InChI is InChI=1S/C97H107NO28/c1-64(61-114-87(103)68-41-21-13-22-42-68)78(120-89(105)70-45-25-15-26-46-70)81(122-91(107)72-49-29-17-30-50-72)84(124-93(109)74-53-33-19-34-54-74)95(111-5)116-63-76-80(117-66(3)100)83(86(118-67(4)101)97(119-76)113-60-40-12-8-7-9-37-57-77(102)98-58-38-10-11-39-59-99)126-96(112-6)85(125-94(110)75-55-35-20-36-56-75)82(123-92(108)73-51-31-18-32-52-73)79(121-90(106)71-47-27-16-28-48-71)65(2)62-115-88(104)69-43-23-14-24-44-69/h13-36,41-56,59,64-65,76,78-86,95-97H,7-12,37-40,57-58,60-63H2,1-6H3,(H,98,102). The molecule has 0 aromatic heterocycles. The molecule has 1 heterocycles. The molecule has 29 nitrogen and oxygen atoms in total. The maximum Gasteiger partial charge on any atom is 0.338 e. The van der Waals surface area contributed by atoms with Gasteiger partial charge in [0, 0.05) is 65.9 Å². The van der Waals surface area contributed by atoms with E-state index < -0.39 is 171 Å². The molecule has 8 aromatic carbocycles. The van der Waals surface area contributed by atoms with Crippen LogP contribution in [0.5, 0.6) is 0 Å². The summed E-state index contributed by atoms with van der Waals surface area (Å²) in [6.45, 7) is 3.48. The Labute approximate surface area is 731 Å². The molecule has 8 aromatic rings. The highest BCUT2D eigenvalue weighted by molar-refractivity contribution is 5.94. The molecule has 0 aliphatic carbocycles. The quantitative estimate of drug-likeness (QED) is 0.0122. The number of unbranched alkanes of at least 4 members (excludes halogenated alkanes) is 8. The summed E-state index contributed by atoms with van der Waals surface area (Å²) < 4.78 is 103. The van der Waals surface area contributed by atoms with Crippen LogP contribution in [-0.4, -0.2) is 199 Å². The predicted octanol–water partition coefficient (Wildman–Crippen LogP) is 13.9. The molecule has 0 radical (unpaired) electrons. The first-order valence-corrected chi connectivity index (χ1v) is 41.8. The first-order valence-electron chi connectivity index (χ1n) is 41.8. The van der Waals surface area contributed by atoms with E-state index in [9.17, 15) is 43.2 Å². The first kappa shape index (κ1) is 97.2. The van der Waals surface area contributed by atoms with Gasteiger partial charge in [0.05, 0.1) is 64.3 Å². The lowest BCUT2D eigenvalue weighted by Crippen LogP contribution is -2.65. The molecule has 0 saturated carbocycles. The molecule has 29 heteroatoms. The van der Waals surface area contributed by atoms with Gasteiger partial charge >= 0.3 is 59.7 Å². The van der Waals surface area contributed by atoms with Crippen molar-refractivity contribution in [3.8, 4) is 0 Å². The highest BCUT2D eigenvalue weighted by Crippen LogP contribution is 2.36. The van der Waals surface area contributed by atoms with Gasteiger partial charge in [0.25, 0.3) is 0 Å². The van der Waals surface area contributed by atoms with Crippen LogP contribution < -0.4 is 5.32 Å². The Kier molecular flexibility index (Phi) is 40.3. The second-order valence-electron chi connectivity index (χ2n) is 29.7. The zero-order valence-corrected chi connectivity index (χ0v) is 71.1. The Morgan fingerprint density at radius 2 is 0.683 bits per heavy atom. The number of benzene rings is 8. The largest absolute Gasteiger partial charge is 0.462 e. The fourth-order valence-corrected chi connectivity index (χ4v) is 13.7. The van der Waals surface area contributed by atoms with Crippen LogP contribution >= 0.6 is 0 Å². The van der Waals surface area contributed by atoms with Crippen LogP contribution in [0.2, 0.25) is 0 Å². The van der Waals surface area contributed by atoms with Gasteiger partial charge in [0.1, 0.15) is 30.7 Å². The monoisotopic (exact) mass is 1730 g/mol. The number of esters is 10. The zero-order valence-electron chi connectivity index (χ0n) is 71.1. The molecule has 15 unspecified atom stereocenters. The molecule has 9 rings (SSSR count). The smallest absolute Gasteiger partial charge is 0.338 e. The van der Waals surface area contributed by atoms with Gasteiger partial charge in [0.15, 0.2) is 55.5 Å². The summed E-state index contributed by atoms with van der Waals surface area (Å²) in [4.78, 5) is 169. The molecule has 1 aliphatic rings. The van der Waals surface area contributed by atoms with Crippen molar-refractivity contribution < 1.29 is 133 Å². The van der Waals surface area contributed by atoms with Crippen LogP contribution in [0.15, 0.2) is 243 Å². The number of amides is 1. The predicted molar refractivity (Wildman–Crippen MR) is 454 cm³/mol. The van der Waals surface area contributed by atoms with Crippen LogP contribution in [0.25, 0.3) is 0 Å². The lowest BCUT2D eigenvalue weighted by Gasteiger charge is -2.46.